The molecule has 0 aliphatic heterocycles. The molecule has 0 amide bonds. The van der Waals surface area contributed by atoms with E-state index in [9.17, 15) is 24.7 Å². The molecule has 0 aliphatic carbocycles. The molecule has 2 N–H and O–H groups in total. The molecule has 2 aromatic carbocycles. The van der Waals surface area contributed by atoms with Crippen LogP contribution >= 0.6 is 7.82 Å². The third kappa shape index (κ3) is 4.79. The van der Waals surface area contributed by atoms with Crippen LogP contribution in [0.2, 0.25) is 0 Å². The lowest BCUT2D eigenvalue weighted by Crippen LogP contribution is -2.03. The Kier molecular flexibility index (Phi) is 5.33. The molecule has 0 saturated heterocycles. The molecule has 23 heavy (non-hydrogen) atoms. The van der Waals surface area contributed by atoms with Crippen molar-refractivity contribution in [1.82, 2.24) is 0 Å². The Bertz CT molecular complexity index is 749. The minimum Gasteiger partial charge on any atom is -0.504 e. The number of aromatic hydroxyl groups is 1. The van der Waals surface area contributed by atoms with E-state index < -0.39 is 12.7 Å². The first kappa shape index (κ1) is 17.0. The smallest absolute Gasteiger partial charge is 0.504 e. The normalized spacial score (nSPS) is 13.3. The summed E-state index contributed by atoms with van der Waals surface area (Å²) >= 11 is 0. The molecule has 8 nitrogen and oxygen atoms in total. The number of nitro benzene ring substituents is 1. The zero-order chi connectivity index (χ0) is 16.9. The maximum Gasteiger partial charge on any atom is 0.527 e. The van der Waals surface area contributed by atoms with Crippen molar-refractivity contribution < 1.29 is 28.5 Å². The average Bonchev–Trinajstić information content (AvgIpc) is 2.49. The quantitative estimate of drug-likeness (QED) is 0.452. The fourth-order valence-corrected chi connectivity index (χ4v) is 2.63. The molecule has 9 heteroatoms. The van der Waals surface area contributed by atoms with Crippen LogP contribution in [0.1, 0.15) is 5.56 Å². The monoisotopic (exact) mass is 339 g/mol. The highest BCUT2D eigenvalue weighted by Crippen LogP contribution is 2.46. The summed E-state index contributed by atoms with van der Waals surface area (Å²) in [7, 11) is -4.45. The number of hydrogen-bond donors (Lipinski definition) is 2. The summed E-state index contributed by atoms with van der Waals surface area (Å²) in [4.78, 5) is 19.9. The first-order valence-electron chi connectivity index (χ1n) is 6.56. The second-order valence-electron chi connectivity index (χ2n) is 4.50. The van der Waals surface area contributed by atoms with Crippen molar-refractivity contribution >= 4 is 13.5 Å². The van der Waals surface area contributed by atoms with Gasteiger partial charge in [-0.3, -0.25) is 19.5 Å². The lowest BCUT2D eigenvalue weighted by Gasteiger charge is -2.13. The second kappa shape index (κ2) is 7.23. The number of para-hydroxylation sites is 3. The van der Waals surface area contributed by atoms with Gasteiger partial charge in [0.2, 0.25) is 0 Å². The topological polar surface area (TPSA) is 119 Å². The molecule has 1 unspecified atom stereocenters. The number of nitro groups is 1. The lowest BCUT2D eigenvalue weighted by atomic mass is 10.1. The Morgan fingerprint density at radius 3 is 2.48 bits per heavy atom. The largest absolute Gasteiger partial charge is 0.527 e. The summed E-state index contributed by atoms with van der Waals surface area (Å²) in [6, 6.07) is 11.7. The summed E-state index contributed by atoms with van der Waals surface area (Å²) in [5, 5.41) is 20.4. The number of benzene rings is 2. The molecule has 2 rings (SSSR count). The van der Waals surface area contributed by atoms with E-state index in [2.05, 4.69) is 0 Å². The van der Waals surface area contributed by atoms with Crippen LogP contribution in [-0.2, 0) is 15.5 Å². The van der Waals surface area contributed by atoms with Crippen molar-refractivity contribution in [3.05, 3.63) is 64.2 Å². The number of nitrogens with zero attached hydrogens (tertiary/aromatic N) is 1. The SMILES string of the molecule is O=[N+]([O-])c1ccccc1CCOP(=O)(O)Oc1ccccc1O. The maximum atomic E-state index is 11.8. The molecule has 122 valence electrons. The van der Waals surface area contributed by atoms with Gasteiger partial charge in [0.1, 0.15) is 0 Å². The van der Waals surface area contributed by atoms with Crippen molar-refractivity contribution in [2.45, 2.75) is 6.42 Å². The van der Waals surface area contributed by atoms with Crippen LogP contribution in [-0.4, -0.2) is 21.5 Å². The molecular formula is C14H14NO7P. The summed E-state index contributed by atoms with van der Waals surface area (Å²) in [6.45, 7) is -0.258. The third-order valence-electron chi connectivity index (χ3n) is 2.89. The Hall–Kier alpha value is -2.41. The van der Waals surface area contributed by atoms with Gasteiger partial charge in [-0.25, -0.2) is 4.57 Å². The molecular weight excluding hydrogens is 325 g/mol. The van der Waals surface area contributed by atoms with Crippen molar-refractivity contribution in [1.29, 1.82) is 0 Å². The molecule has 1 atom stereocenters. The van der Waals surface area contributed by atoms with Gasteiger partial charge in [-0.2, -0.15) is 0 Å². The van der Waals surface area contributed by atoms with E-state index >= 15 is 0 Å². The van der Waals surface area contributed by atoms with Crippen LogP contribution in [0.15, 0.2) is 48.5 Å². The first-order chi connectivity index (χ1) is 10.9. The predicted molar refractivity (Wildman–Crippen MR) is 81.3 cm³/mol. The summed E-state index contributed by atoms with van der Waals surface area (Å²) < 4.78 is 21.3. The molecule has 0 aliphatic rings. The van der Waals surface area contributed by atoms with E-state index in [4.69, 9.17) is 9.05 Å². The summed E-state index contributed by atoms with van der Waals surface area (Å²) in [5.74, 6) is -0.493. The van der Waals surface area contributed by atoms with Gasteiger partial charge < -0.3 is 9.63 Å². The predicted octanol–water partition coefficient (Wildman–Crippen LogP) is 3.04. The van der Waals surface area contributed by atoms with Gasteiger partial charge in [-0.15, -0.1) is 0 Å². The first-order valence-corrected chi connectivity index (χ1v) is 8.06. The van der Waals surface area contributed by atoms with E-state index in [1.807, 2.05) is 0 Å². The summed E-state index contributed by atoms with van der Waals surface area (Å²) in [6.07, 6.45) is 0.0613. The summed E-state index contributed by atoms with van der Waals surface area (Å²) in [5.41, 5.74) is 0.283. The molecule has 0 saturated carbocycles. The van der Waals surface area contributed by atoms with Crippen LogP contribution in [0.5, 0.6) is 11.5 Å². The van der Waals surface area contributed by atoms with E-state index in [1.54, 1.807) is 6.07 Å². The van der Waals surface area contributed by atoms with E-state index in [0.29, 0.717) is 5.56 Å². The standard InChI is InChI=1S/C14H14NO7P/c16-13-7-3-4-8-14(13)22-23(19,20)21-10-9-11-5-1-2-6-12(11)15(17)18/h1-8,16H,9-10H2,(H,19,20). The maximum absolute atomic E-state index is 11.8. The van der Waals surface area contributed by atoms with Gasteiger partial charge in [-0.1, -0.05) is 30.3 Å². The van der Waals surface area contributed by atoms with Gasteiger partial charge >= 0.3 is 7.82 Å². The minimum atomic E-state index is -4.45. The van der Waals surface area contributed by atoms with Crippen LogP contribution in [0, 0.1) is 10.1 Å². The molecule has 0 spiro atoms. The number of phenolic OH excluding ortho intramolecular Hbond substituents is 1. The van der Waals surface area contributed by atoms with Crippen LogP contribution < -0.4 is 4.52 Å². The molecule has 2 aromatic rings. The Balaban J connectivity index is 1.97. The number of rotatable bonds is 7. The fourth-order valence-electron chi connectivity index (χ4n) is 1.86. The zero-order valence-electron chi connectivity index (χ0n) is 11.9. The number of phosphoric acid groups is 1. The van der Waals surface area contributed by atoms with Crippen molar-refractivity contribution in [2.75, 3.05) is 6.61 Å². The highest BCUT2D eigenvalue weighted by molar-refractivity contribution is 7.47. The molecule has 0 fully saturated rings. The highest BCUT2D eigenvalue weighted by Gasteiger charge is 2.24. The fraction of sp³-hybridized carbons (Fsp3) is 0.143. The highest BCUT2D eigenvalue weighted by atomic mass is 31.2. The zero-order valence-corrected chi connectivity index (χ0v) is 12.8. The van der Waals surface area contributed by atoms with Gasteiger partial charge in [-0.05, 0) is 12.1 Å². The van der Waals surface area contributed by atoms with Gasteiger partial charge in [0.05, 0.1) is 11.5 Å². The molecule has 0 radical (unpaired) electrons. The van der Waals surface area contributed by atoms with E-state index in [1.165, 1.54) is 42.5 Å². The number of phenols is 1. The van der Waals surface area contributed by atoms with Crippen LogP contribution in [0.25, 0.3) is 0 Å². The Morgan fingerprint density at radius 2 is 1.78 bits per heavy atom. The Morgan fingerprint density at radius 1 is 1.13 bits per heavy atom. The van der Waals surface area contributed by atoms with Crippen LogP contribution in [0.3, 0.4) is 0 Å². The average molecular weight is 339 g/mol. The van der Waals surface area contributed by atoms with Gasteiger partial charge in [0.15, 0.2) is 11.5 Å². The van der Waals surface area contributed by atoms with Crippen molar-refractivity contribution in [2.24, 2.45) is 0 Å². The molecule has 0 heterocycles. The second-order valence-corrected chi connectivity index (χ2v) is 5.87. The lowest BCUT2D eigenvalue weighted by molar-refractivity contribution is -0.385. The van der Waals surface area contributed by atoms with Crippen molar-refractivity contribution in [3.8, 4) is 11.5 Å². The number of phosphoric ester groups is 1. The number of hydrogen-bond acceptors (Lipinski definition) is 6. The van der Waals surface area contributed by atoms with Crippen LogP contribution in [0.4, 0.5) is 5.69 Å². The van der Waals surface area contributed by atoms with Gasteiger partial charge in [0.25, 0.3) is 5.69 Å². The molecule has 0 bridgehead atoms. The minimum absolute atomic E-state index is 0.0613. The van der Waals surface area contributed by atoms with E-state index in [-0.39, 0.29) is 30.2 Å². The Labute approximate surface area is 131 Å². The van der Waals surface area contributed by atoms with Gasteiger partial charge in [0, 0.05) is 18.1 Å². The van der Waals surface area contributed by atoms with Crippen molar-refractivity contribution in [3.63, 3.8) is 0 Å². The molecule has 0 aromatic heterocycles. The van der Waals surface area contributed by atoms with E-state index in [0.717, 1.165) is 0 Å². The third-order valence-corrected chi connectivity index (χ3v) is 3.83.